The number of hydrogen-bond donors (Lipinski definition) is 1. The summed E-state index contributed by atoms with van der Waals surface area (Å²) >= 11 is 0. The van der Waals surface area contributed by atoms with Crippen LogP contribution in [0.15, 0.2) is 60.9 Å². The van der Waals surface area contributed by atoms with Crippen LogP contribution < -0.4 is 10.1 Å². The van der Waals surface area contributed by atoms with E-state index in [9.17, 15) is 0 Å². The summed E-state index contributed by atoms with van der Waals surface area (Å²) in [5.74, 6) is 0.843. The fourth-order valence-electron chi connectivity index (χ4n) is 2.03. The molecule has 3 heteroatoms. The molecule has 0 aliphatic rings. The van der Waals surface area contributed by atoms with Crippen molar-refractivity contribution >= 4 is 22.1 Å². The zero-order valence-electron chi connectivity index (χ0n) is 10.6. The Hall–Kier alpha value is -2.55. The molecule has 3 nitrogen and oxygen atoms in total. The van der Waals surface area contributed by atoms with Gasteiger partial charge in [0.15, 0.2) is 0 Å². The number of nitrogens with one attached hydrogen (secondary N) is 1. The van der Waals surface area contributed by atoms with Crippen LogP contribution in [-0.4, -0.2) is 12.1 Å². The van der Waals surface area contributed by atoms with Crippen molar-refractivity contribution in [1.29, 1.82) is 0 Å². The summed E-state index contributed by atoms with van der Waals surface area (Å²) < 4.78 is 5.21. The molecule has 2 aromatic carbocycles. The molecular weight excluding hydrogens is 236 g/mol. The standard InChI is InChI=1S/C16H14N2O/c1-19-16-4-2-3-14(10-16)18-15-6-5-13-11-17-8-7-12(13)9-15/h2-11,18H,1H3. The van der Waals surface area contributed by atoms with Gasteiger partial charge in [0.05, 0.1) is 7.11 Å². The molecule has 0 atom stereocenters. The average molecular weight is 250 g/mol. The molecule has 0 fully saturated rings. The number of rotatable bonds is 3. The number of aromatic nitrogens is 1. The van der Waals surface area contributed by atoms with E-state index in [1.54, 1.807) is 13.3 Å². The number of anilines is 2. The first-order valence-corrected chi connectivity index (χ1v) is 6.10. The minimum absolute atomic E-state index is 0.843. The van der Waals surface area contributed by atoms with Crippen molar-refractivity contribution in [3.8, 4) is 5.75 Å². The SMILES string of the molecule is COc1cccc(Nc2ccc3cnccc3c2)c1. The van der Waals surface area contributed by atoms with Gasteiger partial charge in [-0.25, -0.2) is 0 Å². The molecule has 3 rings (SSSR count). The summed E-state index contributed by atoms with van der Waals surface area (Å²) in [6.45, 7) is 0. The predicted molar refractivity (Wildman–Crippen MR) is 78.0 cm³/mol. The van der Waals surface area contributed by atoms with E-state index < -0.39 is 0 Å². The summed E-state index contributed by atoms with van der Waals surface area (Å²) in [7, 11) is 1.67. The van der Waals surface area contributed by atoms with Crippen molar-refractivity contribution in [3.05, 3.63) is 60.9 Å². The highest BCUT2D eigenvalue weighted by Crippen LogP contribution is 2.24. The Labute approximate surface area is 111 Å². The Balaban J connectivity index is 1.92. The van der Waals surface area contributed by atoms with Crippen molar-refractivity contribution in [2.75, 3.05) is 12.4 Å². The van der Waals surface area contributed by atoms with E-state index in [1.807, 2.05) is 42.6 Å². The fraction of sp³-hybridized carbons (Fsp3) is 0.0625. The van der Waals surface area contributed by atoms with Gasteiger partial charge in [0.25, 0.3) is 0 Å². The Kier molecular flexibility index (Phi) is 3.02. The smallest absolute Gasteiger partial charge is 0.120 e. The number of methoxy groups -OCH3 is 1. The van der Waals surface area contributed by atoms with Gasteiger partial charge in [-0.2, -0.15) is 0 Å². The summed E-state index contributed by atoms with van der Waals surface area (Å²) in [6, 6.07) is 16.1. The van der Waals surface area contributed by atoms with Gasteiger partial charge in [-0.1, -0.05) is 12.1 Å². The third kappa shape index (κ3) is 2.50. The number of nitrogens with zero attached hydrogens (tertiary/aromatic N) is 1. The predicted octanol–water partition coefficient (Wildman–Crippen LogP) is 3.99. The molecule has 94 valence electrons. The van der Waals surface area contributed by atoms with Gasteiger partial charge in [-0.3, -0.25) is 4.98 Å². The molecule has 0 saturated heterocycles. The first-order chi connectivity index (χ1) is 9.35. The van der Waals surface area contributed by atoms with E-state index in [2.05, 4.69) is 22.4 Å². The van der Waals surface area contributed by atoms with E-state index in [-0.39, 0.29) is 0 Å². The van der Waals surface area contributed by atoms with Crippen molar-refractivity contribution in [3.63, 3.8) is 0 Å². The lowest BCUT2D eigenvalue weighted by atomic mass is 10.1. The Morgan fingerprint density at radius 2 is 1.84 bits per heavy atom. The van der Waals surface area contributed by atoms with E-state index in [1.165, 1.54) is 5.39 Å². The third-order valence-corrected chi connectivity index (χ3v) is 3.00. The van der Waals surface area contributed by atoms with Crippen molar-refractivity contribution in [2.24, 2.45) is 0 Å². The monoisotopic (exact) mass is 250 g/mol. The van der Waals surface area contributed by atoms with Crippen molar-refractivity contribution < 1.29 is 4.74 Å². The molecule has 1 aromatic heterocycles. The highest BCUT2D eigenvalue weighted by Gasteiger charge is 1.99. The lowest BCUT2D eigenvalue weighted by Crippen LogP contribution is -1.91. The lowest BCUT2D eigenvalue weighted by molar-refractivity contribution is 0.415. The second-order valence-electron chi connectivity index (χ2n) is 4.29. The number of fused-ring (bicyclic) bond motifs is 1. The van der Waals surface area contributed by atoms with Gasteiger partial charge >= 0.3 is 0 Å². The van der Waals surface area contributed by atoms with Crippen LogP contribution in [0.1, 0.15) is 0 Å². The maximum atomic E-state index is 5.21. The number of pyridine rings is 1. The van der Waals surface area contributed by atoms with Crippen LogP contribution in [-0.2, 0) is 0 Å². The molecule has 0 amide bonds. The topological polar surface area (TPSA) is 34.1 Å². The zero-order chi connectivity index (χ0) is 13.1. The Morgan fingerprint density at radius 3 is 2.74 bits per heavy atom. The highest BCUT2D eigenvalue weighted by molar-refractivity contribution is 5.85. The molecule has 1 heterocycles. The first-order valence-electron chi connectivity index (χ1n) is 6.10. The van der Waals surface area contributed by atoms with Crippen LogP contribution in [0, 0.1) is 0 Å². The van der Waals surface area contributed by atoms with Crippen molar-refractivity contribution in [1.82, 2.24) is 4.98 Å². The van der Waals surface area contributed by atoms with Crippen LogP contribution in [0.3, 0.4) is 0 Å². The minimum Gasteiger partial charge on any atom is -0.497 e. The van der Waals surface area contributed by atoms with E-state index in [0.717, 1.165) is 22.5 Å². The maximum Gasteiger partial charge on any atom is 0.120 e. The van der Waals surface area contributed by atoms with Gasteiger partial charge in [0, 0.05) is 35.2 Å². The molecule has 0 bridgehead atoms. The first kappa shape index (κ1) is 11.5. The number of ether oxygens (including phenoxy) is 1. The molecular formula is C16H14N2O. The van der Waals surface area contributed by atoms with Gasteiger partial charge in [0.2, 0.25) is 0 Å². The maximum absolute atomic E-state index is 5.21. The van der Waals surface area contributed by atoms with E-state index >= 15 is 0 Å². The molecule has 0 saturated carbocycles. The van der Waals surface area contributed by atoms with Crippen LogP contribution in [0.2, 0.25) is 0 Å². The minimum atomic E-state index is 0.843. The largest absolute Gasteiger partial charge is 0.497 e. The second kappa shape index (κ2) is 4.98. The van der Waals surface area contributed by atoms with Gasteiger partial charge in [-0.15, -0.1) is 0 Å². The molecule has 0 spiro atoms. The normalized spacial score (nSPS) is 10.4. The van der Waals surface area contributed by atoms with Gasteiger partial charge in [0.1, 0.15) is 5.75 Å². The van der Waals surface area contributed by atoms with E-state index in [0.29, 0.717) is 0 Å². The quantitative estimate of drug-likeness (QED) is 0.763. The molecule has 0 radical (unpaired) electrons. The molecule has 19 heavy (non-hydrogen) atoms. The van der Waals surface area contributed by atoms with Crippen LogP contribution in [0.4, 0.5) is 11.4 Å². The molecule has 0 aliphatic carbocycles. The molecule has 3 aromatic rings. The summed E-state index contributed by atoms with van der Waals surface area (Å²) in [6.07, 6.45) is 3.67. The summed E-state index contributed by atoms with van der Waals surface area (Å²) in [4.78, 5) is 4.11. The number of benzene rings is 2. The second-order valence-corrected chi connectivity index (χ2v) is 4.29. The zero-order valence-corrected chi connectivity index (χ0v) is 10.6. The van der Waals surface area contributed by atoms with Gasteiger partial charge in [-0.05, 0) is 35.7 Å². The van der Waals surface area contributed by atoms with E-state index in [4.69, 9.17) is 4.74 Å². The average Bonchev–Trinajstić information content (AvgIpc) is 2.47. The summed E-state index contributed by atoms with van der Waals surface area (Å²) in [5, 5.41) is 5.68. The summed E-state index contributed by atoms with van der Waals surface area (Å²) in [5.41, 5.74) is 2.06. The molecule has 0 unspecified atom stereocenters. The Bertz CT molecular complexity index is 710. The number of hydrogen-bond acceptors (Lipinski definition) is 3. The van der Waals surface area contributed by atoms with Crippen LogP contribution >= 0.6 is 0 Å². The van der Waals surface area contributed by atoms with Gasteiger partial charge < -0.3 is 10.1 Å². The third-order valence-electron chi connectivity index (χ3n) is 3.00. The molecule has 0 aliphatic heterocycles. The van der Waals surface area contributed by atoms with Crippen LogP contribution in [0.5, 0.6) is 5.75 Å². The Morgan fingerprint density at radius 1 is 0.947 bits per heavy atom. The van der Waals surface area contributed by atoms with Crippen molar-refractivity contribution in [2.45, 2.75) is 0 Å². The highest BCUT2D eigenvalue weighted by atomic mass is 16.5. The van der Waals surface area contributed by atoms with Crippen LogP contribution in [0.25, 0.3) is 10.8 Å². The fourth-order valence-corrected chi connectivity index (χ4v) is 2.03. The lowest BCUT2D eigenvalue weighted by Gasteiger charge is -2.09. The molecule has 1 N–H and O–H groups in total.